The molecule has 23 heavy (non-hydrogen) atoms. The maximum atomic E-state index is 12.5. The van der Waals surface area contributed by atoms with Crippen molar-refractivity contribution in [3.63, 3.8) is 0 Å². The maximum Gasteiger partial charge on any atom is 0.254 e. The first-order chi connectivity index (χ1) is 11.2. The average Bonchev–Trinajstić information content (AvgIpc) is 2.96. The highest BCUT2D eigenvalue weighted by Crippen LogP contribution is 2.28. The van der Waals surface area contributed by atoms with Crippen molar-refractivity contribution in [1.82, 2.24) is 9.88 Å². The third-order valence-electron chi connectivity index (χ3n) is 4.30. The second-order valence-corrected chi connectivity index (χ2v) is 5.76. The van der Waals surface area contributed by atoms with E-state index in [1.807, 2.05) is 30.3 Å². The highest BCUT2D eigenvalue weighted by atomic mass is 16.5. The van der Waals surface area contributed by atoms with Gasteiger partial charge in [0.25, 0.3) is 5.91 Å². The van der Waals surface area contributed by atoms with Gasteiger partial charge in [-0.2, -0.15) is 0 Å². The van der Waals surface area contributed by atoms with Gasteiger partial charge in [-0.3, -0.25) is 9.78 Å². The van der Waals surface area contributed by atoms with E-state index in [0.717, 1.165) is 5.75 Å². The monoisotopic (exact) mass is 312 g/mol. The minimum Gasteiger partial charge on any atom is -0.488 e. The van der Waals surface area contributed by atoms with Crippen molar-refractivity contribution in [2.75, 3.05) is 7.05 Å². The summed E-state index contributed by atoms with van der Waals surface area (Å²) < 4.78 is 5.86. The molecule has 5 nitrogen and oxygen atoms in total. The Kier molecular flexibility index (Phi) is 4.57. The van der Waals surface area contributed by atoms with E-state index in [1.54, 1.807) is 36.5 Å². The van der Waals surface area contributed by atoms with Crippen molar-refractivity contribution in [1.29, 1.82) is 0 Å². The lowest BCUT2D eigenvalue weighted by atomic mass is 10.1. The summed E-state index contributed by atoms with van der Waals surface area (Å²) in [5.74, 6) is 0.622. The molecule has 1 aliphatic rings. The van der Waals surface area contributed by atoms with Crippen molar-refractivity contribution < 1.29 is 14.6 Å². The SMILES string of the molecule is CN(C(=O)c1ccncc1)[C@@H]1CC[C@H](Oc2ccccc2)[C@H]1O. The van der Waals surface area contributed by atoms with Crippen molar-refractivity contribution in [3.8, 4) is 5.75 Å². The summed E-state index contributed by atoms with van der Waals surface area (Å²) in [4.78, 5) is 18.0. The van der Waals surface area contributed by atoms with E-state index in [9.17, 15) is 9.90 Å². The van der Waals surface area contributed by atoms with Crippen LogP contribution in [-0.4, -0.2) is 46.2 Å². The minimum atomic E-state index is -0.703. The van der Waals surface area contributed by atoms with Gasteiger partial charge < -0.3 is 14.7 Å². The van der Waals surface area contributed by atoms with E-state index < -0.39 is 6.10 Å². The molecule has 3 rings (SSSR count). The van der Waals surface area contributed by atoms with Crippen LogP contribution in [-0.2, 0) is 0 Å². The number of benzene rings is 1. The maximum absolute atomic E-state index is 12.5. The second kappa shape index (κ2) is 6.79. The van der Waals surface area contributed by atoms with Crippen molar-refractivity contribution in [2.45, 2.75) is 31.1 Å². The molecule has 0 aliphatic heterocycles. The summed E-state index contributed by atoms with van der Waals surface area (Å²) in [6.45, 7) is 0. The van der Waals surface area contributed by atoms with Crippen LogP contribution in [0.25, 0.3) is 0 Å². The zero-order chi connectivity index (χ0) is 16.2. The van der Waals surface area contributed by atoms with Gasteiger partial charge in [0.15, 0.2) is 0 Å². The first-order valence-electron chi connectivity index (χ1n) is 7.74. The first kappa shape index (κ1) is 15.5. The Bertz CT molecular complexity index is 648. The van der Waals surface area contributed by atoms with E-state index in [1.165, 1.54) is 0 Å². The summed E-state index contributed by atoms with van der Waals surface area (Å²) in [5, 5.41) is 10.5. The fourth-order valence-corrected chi connectivity index (χ4v) is 3.00. The van der Waals surface area contributed by atoms with Gasteiger partial charge in [0.2, 0.25) is 0 Å². The van der Waals surface area contributed by atoms with Gasteiger partial charge in [0.1, 0.15) is 18.0 Å². The van der Waals surface area contributed by atoms with Gasteiger partial charge in [0, 0.05) is 25.0 Å². The Morgan fingerprint density at radius 1 is 1.17 bits per heavy atom. The number of rotatable bonds is 4. The van der Waals surface area contributed by atoms with Gasteiger partial charge in [-0.25, -0.2) is 0 Å². The van der Waals surface area contributed by atoms with Crippen LogP contribution in [0.1, 0.15) is 23.2 Å². The highest BCUT2D eigenvalue weighted by Gasteiger charge is 2.40. The number of hydrogen-bond donors (Lipinski definition) is 1. The predicted molar refractivity (Wildman–Crippen MR) is 86.2 cm³/mol. The quantitative estimate of drug-likeness (QED) is 0.939. The zero-order valence-corrected chi connectivity index (χ0v) is 13.0. The number of ether oxygens (including phenoxy) is 1. The van der Waals surface area contributed by atoms with Crippen LogP contribution in [0.2, 0.25) is 0 Å². The third-order valence-corrected chi connectivity index (χ3v) is 4.30. The molecule has 1 amide bonds. The topological polar surface area (TPSA) is 62.7 Å². The summed E-state index contributed by atoms with van der Waals surface area (Å²) in [7, 11) is 1.72. The summed E-state index contributed by atoms with van der Waals surface area (Å²) in [6.07, 6.45) is 3.61. The van der Waals surface area contributed by atoms with Crippen LogP contribution in [0.5, 0.6) is 5.75 Å². The fourth-order valence-electron chi connectivity index (χ4n) is 3.00. The molecular weight excluding hydrogens is 292 g/mol. The molecule has 1 aromatic heterocycles. The van der Waals surface area contributed by atoms with Gasteiger partial charge in [0.05, 0.1) is 6.04 Å². The number of amides is 1. The predicted octanol–water partition coefficient (Wildman–Crippen LogP) is 2.12. The van der Waals surface area contributed by atoms with E-state index >= 15 is 0 Å². The number of hydrogen-bond acceptors (Lipinski definition) is 4. The number of likely N-dealkylation sites (N-methyl/N-ethyl adjacent to an activating group) is 1. The van der Waals surface area contributed by atoms with Crippen LogP contribution in [0, 0.1) is 0 Å². The molecule has 1 aliphatic carbocycles. The van der Waals surface area contributed by atoms with Crippen LogP contribution in [0.4, 0.5) is 0 Å². The number of carbonyl (C=O) groups excluding carboxylic acids is 1. The number of nitrogens with zero attached hydrogens (tertiary/aromatic N) is 2. The normalized spacial score (nSPS) is 23.5. The van der Waals surface area contributed by atoms with E-state index in [4.69, 9.17) is 4.74 Å². The molecule has 0 spiro atoms. The molecule has 1 heterocycles. The highest BCUT2D eigenvalue weighted by molar-refractivity contribution is 5.94. The second-order valence-electron chi connectivity index (χ2n) is 5.76. The van der Waals surface area contributed by atoms with Gasteiger partial charge >= 0.3 is 0 Å². The molecule has 3 atom stereocenters. The molecule has 0 saturated heterocycles. The lowest BCUT2D eigenvalue weighted by Crippen LogP contribution is -2.45. The number of para-hydroxylation sites is 1. The molecule has 0 unspecified atom stereocenters. The van der Waals surface area contributed by atoms with E-state index in [2.05, 4.69) is 4.98 Å². The Morgan fingerprint density at radius 2 is 1.87 bits per heavy atom. The summed E-state index contributed by atoms with van der Waals surface area (Å²) in [5.41, 5.74) is 0.571. The van der Waals surface area contributed by atoms with Crippen LogP contribution in [0.3, 0.4) is 0 Å². The lowest BCUT2D eigenvalue weighted by molar-refractivity contribution is 0.0166. The smallest absolute Gasteiger partial charge is 0.254 e. The summed E-state index contributed by atoms with van der Waals surface area (Å²) >= 11 is 0. The molecule has 1 N–H and O–H groups in total. The Balaban J connectivity index is 1.66. The first-order valence-corrected chi connectivity index (χ1v) is 7.74. The molecule has 0 radical (unpaired) electrons. The molecule has 120 valence electrons. The molecule has 1 fully saturated rings. The largest absolute Gasteiger partial charge is 0.488 e. The number of carbonyl (C=O) groups is 1. The molecule has 1 saturated carbocycles. The average molecular weight is 312 g/mol. The molecule has 0 bridgehead atoms. The minimum absolute atomic E-state index is 0.114. The zero-order valence-electron chi connectivity index (χ0n) is 13.0. The molecule has 5 heteroatoms. The van der Waals surface area contributed by atoms with Crippen molar-refractivity contribution >= 4 is 5.91 Å². The van der Waals surface area contributed by atoms with Crippen LogP contribution in [0.15, 0.2) is 54.9 Å². The summed E-state index contributed by atoms with van der Waals surface area (Å²) in [6, 6.07) is 12.6. The van der Waals surface area contributed by atoms with Gasteiger partial charge in [-0.1, -0.05) is 18.2 Å². The number of aliphatic hydroxyl groups is 1. The van der Waals surface area contributed by atoms with Crippen LogP contribution >= 0.6 is 0 Å². The molecular formula is C18H20N2O3. The van der Waals surface area contributed by atoms with E-state index in [0.29, 0.717) is 18.4 Å². The Labute approximate surface area is 135 Å². The number of aliphatic hydroxyl groups excluding tert-OH is 1. The lowest BCUT2D eigenvalue weighted by Gasteiger charge is -2.28. The van der Waals surface area contributed by atoms with Gasteiger partial charge in [-0.05, 0) is 37.1 Å². The molecule has 2 aromatic rings. The molecule has 1 aromatic carbocycles. The number of aromatic nitrogens is 1. The van der Waals surface area contributed by atoms with Crippen molar-refractivity contribution in [2.24, 2.45) is 0 Å². The van der Waals surface area contributed by atoms with Crippen LogP contribution < -0.4 is 4.74 Å². The van der Waals surface area contributed by atoms with Crippen molar-refractivity contribution in [3.05, 3.63) is 60.4 Å². The third kappa shape index (κ3) is 3.35. The Hall–Kier alpha value is -2.40. The van der Waals surface area contributed by atoms with E-state index in [-0.39, 0.29) is 18.1 Å². The number of pyridine rings is 1. The van der Waals surface area contributed by atoms with Gasteiger partial charge in [-0.15, -0.1) is 0 Å². The standard InChI is InChI=1S/C18H20N2O3/c1-20(18(22)13-9-11-19-12-10-13)15-7-8-16(17(15)21)23-14-5-3-2-4-6-14/h2-6,9-12,15-17,21H,7-8H2,1H3/t15-,16+,17+/m1/s1. The Morgan fingerprint density at radius 3 is 2.57 bits per heavy atom. The fraction of sp³-hybridized carbons (Fsp3) is 0.333.